The van der Waals surface area contributed by atoms with Gasteiger partial charge in [-0.2, -0.15) is 15.0 Å². The van der Waals surface area contributed by atoms with Crippen LogP contribution in [0.5, 0.6) is 5.88 Å². The lowest BCUT2D eigenvalue weighted by molar-refractivity contribution is 0.0372. The summed E-state index contributed by atoms with van der Waals surface area (Å²) in [7, 11) is 1.28. The quantitative estimate of drug-likeness (QED) is 0.545. The number of aromatic nitrogens is 4. The van der Waals surface area contributed by atoms with Crippen LogP contribution in [0.15, 0.2) is 48.9 Å². The van der Waals surface area contributed by atoms with Gasteiger partial charge in [0.1, 0.15) is 11.1 Å². The molecular formula is C22H22ClN5O4. The van der Waals surface area contributed by atoms with Crippen molar-refractivity contribution >= 4 is 23.5 Å². The predicted molar refractivity (Wildman–Crippen MR) is 116 cm³/mol. The Morgan fingerprint density at radius 3 is 2.56 bits per heavy atom. The van der Waals surface area contributed by atoms with Gasteiger partial charge < -0.3 is 14.4 Å². The summed E-state index contributed by atoms with van der Waals surface area (Å²) in [5.41, 5.74) is 1.28. The van der Waals surface area contributed by atoms with Gasteiger partial charge in [-0.05, 0) is 38.0 Å². The van der Waals surface area contributed by atoms with Crippen molar-refractivity contribution in [3.8, 4) is 11.6 Å². The molecule has 1 fully saturated rings. The van der Waals surface area contributed by atoms with Crippen molar-refractivity contribution in [3.63, 3.8) is 0 Å². The molecule has 0 N–H and O–H groups in total. The van der Waals surface area contributed by atoms with Crippen LogP contribution in [0.4, 0.5) is 0 Å². The molecule has 10 heteroatoms. The van der Waals surface area contributed by atoms with Gasteiger partial charge in [-0.25, -0.2) is 9.78 Å². The first-order valence-electron chi connectivity index (χ1n) is 10.2. The van der Waals surface area contributed by atoms with E-state index in [1.54, 1.807) is 29.4 Å². The van der Waals surface area contributed by atoms with Gasteiger partial charge in [0.2, 0.25) is 5.88 Å². The molecule has 0 radical (unpaired) electrons. The molecule has 2 unspecified atom stereocenters. The van der Waals surface area contributed by atoms with E-state index in [4.69, 9.17) is 21.1 Å². The van der Waals surface area contributed by atoms with Crippen molar-refractivity contribution in [3.05, 3.63) is 65.1 Å². The maximum absolute atomic E-state index is 13.5. The molecule has 3 heterocycles. The van der Waals surface area contributed by atoms with Crippen molar-refractivity contribution in [1.82, 2.24) is 24.9 Å². The molecule has 1 aromatic carbocycles. The Kier molecular flexibility index (Phi) is 6.36. The molecule has 2 aromatic heterocycles. The van der Waals surface area contributed by atoms with Crippen molar-refractivity contribution in [2.45, 2.75) is 31.9 Å². The van der Waals surface area contributed by atoms with Crippen LogP contribution < -0.4 is 4.74 Å². The fraction of sp³-hybridized carbons (Fsp3) is 0.318. The van der Waals surface area contributed by atoms with Crippen molar-refractivity contribution in [2.24, 2.45) is 0 Å². The van der Waals surface area contributed by atoms with E-state index in [0.29, 0.717) is 24.2 Å². The van der Waals surface area contributed by atoms with Gasteiger partial charge in [0.05, 0.1) is 42.9 Å². The second-order valence-electron chi connectivity index (χ2n) is 7.43. The fourth-order valence-corrected chi connectivity index (χ4v) is 3.94. The van der Waals surface area contributed by atoms with Crippen LogP contribution >= 0.6 is 11.6 Å². The highest BCUT2D eigenvalue weighted by Gasteiger charge is 2.32. The average molecular weight is 456 g/mol. The van der Waals surface area contributed by atoms with E-state index >= 15 is 0 Å². The molecule has 4 rings (SSSR count). The van der Waals surface area contributed by atoms with Crippen LogP contribution in [-0.4, -0.2) is 62.6 Å². The van der Waals surface area contributed by atoms with E-state index in [9.17, 15) is 9.59 Å². The average Bonchev–Trinajstić information content (AvgIpc) is 3.35. The zero-order valence-corrected chi connectivity index (χ0v) is 18.4. The summed E-state index contributed by atoms with van der Waals surface area (Å²) < 4.78 is 10.8. The summed E-state index contributed by atoms with van der Waals surface area (Å²) in [6, 6.07) is 8.70. The summed E-state index contributed by atoms with van der Waals surface area (Å²) in [5.74, 6) is -0.566. The minimum atomic E-state index is -0.569. The lowest BCUT2D eigenvalue weighted by atomic mass is 9.99. The zero-order valence-electron chi connectivity index (χ0n) is 17.6. The highest BCUT2D eigenvalue weighted by atomic mass is 35.5. The summed E-state index contributed by atoms with van der Waals surface area (Å²) in [4.78, 5) is 32.7. The lowest BCUT2D eigenvalue weighted by Gasteiger charge is -2.38. The summed E-state index contributed by atoms with van der Waals surface area (Å²) >= 11 is 6.32. The molecule has 0 saturated carbocycles. The largest absolute Gasteiger partial charge is 0.471 e. The number of rotatable bonds is 5. The van der Waals surface area contributed by atoms with Crippen LogP contribution in [0.25, 0.3) is 5.69 Å². The van der Waals surface area contributed by atoms with Gasteiger partial charge in [-0.3, -0.25) is 4.79 Å². The number of halogens is 1. The Hall–Kier alpha value is -3.46. The van der Waals surface area contributed by atoms with Crippen LogP contribution in [-0.2, 0) is 4.74 Å². The molecular weight excluding hydrogens is 434 g/mol. The topological polar surface area (TPSA) is 99.4 Å². The van der Waals surface area contributed by atoms with Crippen LogP contribution in [0.3, 0.4) is 0 Å². The number of para-hydroxylation sites is 1. The molecule has 1 saturated heterocycles. The Morgan fingerprint density at radius 1 is 1.06 bits per heavy atom. The summed E-state index contributed by atoms with van der Waals surface area (Å²) in [5, 5.41) is 8.39. The number of pyridine rings is 1. The van der Waals surface area contributed by atoms with E-state index in [0.717, 1.165) is 6.42 Å². The second kappa shape index (κ2) is 9.35. The highest BCUT2D eigenvalue weighted by Crippen LogP contribution is 2.30. The third-order valence-corrected chi connectivity index (χ3v) is 5.77. The van der Waals surface area contributed by atoms with E-state index in [-0.39, 0.29) is 34.5 Å². The van der Waals surface area contributed by atoms with E-state index < -0.39 is 5.97 Å². The molecule has 1 aliphatic heterocycles. The smallest absolute Gasteiger partial charge is 0.339 e. The number of ether oxygens (including phenoxy) is 2. The molecule has 0 aliphatic carbocycles. The van der Waals surface area contributed by atoms with Gasteiger partial charge in [0, 0.05) is 12.2 Å². The van der Waals surface area contributed by atoms with Gasteiger partial charge in [-0.15, -0.1) is 0 Å². The minimum Gasteiger partial charge on any atom is -0.471 e. The van der Waals surface area contributed by atoms with E-state index in [2.05, 4.69) is 15.2 Å². The number of methoxy groups -OCH3 is 1. The fourth-order valence-electron chi connectivity index (χ4n) is 3.71. The number of hydrogen-bond donors (Lipinski definition) is 0. The Balaban J connectivity index is 1.55. The number of piperidine rings is 1. The van der Waals surface area contributed by atoms with E-state index in [1.807, 2.05) is 19.1 Å². The van der Waals surface area contributed by atoms with Gasteiger partial charge in [0.15, 0.2) is 0 Å². The predicted octanol–water partition coefficient (Wildman–Crippen LogP) is 3.17. The number of benzene rings is 1. The Labute approximate surface area is 189 Å². The first kappa shape index (κ1) is 21.8. The monoisotopic (exact) mass is 455 g/mol. The number of carbonyl (C=O) groups excluding carboxylic acids is 2. The molecule has 0 spiro atoms. The Bertz CT molecular complexity index is 1120. The Morgan fingerprint density at radius 2 is 1.81 bits per heavy atom. The van der Waals surface area contributed by atoms with Crippen LogP contribution in [0.2, 0.25) is 5.02 Å². The standard InChI is InChI=1S/C22H22ClN5O4/c1-14-7-8-15(32-20-19(23)17(9-10-24-20)22(30)31-2)13-27(14)21(29)16-5-3-4-6-18(16)28-25-11-12-26-28/h3-6,9-12,14-15H,7-8,13H2,1-2H3. The third kappa shape index (κ3) is 4.29. The number of carbonyl (C=O) groups is 2. The first-order chi connectivity index (χ1) is 15.5. The SMILES string of the molecule is COC(=O)c1ccnc(OC2CCC(C)N(C(=O)c3ccccc3-n3nccn3)C2)c1Cl. The zero-order chi connectivity index (χ0) is 22.7. The number of esters is 1. The first-order valence-corrected chi connectivity index (χ1v) is 10.5. The minimum absolute atomic E-state index is 0.0193. The maximum Gasteiger partial charge on any atom is 0.339 e. The summed E-state index contributed by atoms with van der Waals surface area (Å²) in [6.45, 7) is 2.35. The molecule has 1 amide bonds. The highest BCUT2D eigenvalue weighted by molar-refractivity contribution is 6.34. The number of likely N-dealkylation sites (tertiary alicyclic amines) is 1. The van der Waals surface area contributed by atoms with Crippen LogP contribution in [0.1, 0.15) is 40.5 Å². The lowest BCUT2D eigenvalue weighted by Crippen LogP contribution is -2.49. The molecule has 2 atom stereocenters. The number of nitrogens with zero attached hydrogens (tertiary/aromatic N) is 5. The van der Waals surface area contributed by atoms with Crippen LogP contribution in [0, 0.1) is 0 Å². The van der Waals surface area contributed by atoms with E-state index in [1.165, 1.54) is 24.2 Å². The van der Waals surface area contributed by atoms with Gasteiger partial charge >= 0.3 is 5.97 Å². The van der Waals surface area contributed by atoms with Crippen molar-refractivity contribution < 1.29 is 19.1 Å². The normalized spacial score (nSPS) is 18.3. The molecule has 0 bridgehead atoms. The molecule has 32 heavy (non-hydrogen) atoms. The molecule has 166 valence electrons. The van der Waals surface area contributed by atoms with Gasteiger partial charge in [-0.1, -0.05) is 23.7 Å². The third-order valence-electron chi connectivity index (χ3n) is 5.41. The maximum atomic E-state index is 13.5. The molecule has 1 aliphatic rings. The van der Waals surface area contributed by atoms with Crippen molar-refractivity contribution in [2.75, 3.05) is 13.7 Å². The van der Waals surface area contributed by atoms with Gasteiger partial charge in [0.25, 0.3) is 5.91 Å². The van der Waals surface area contributed by atoms with Crippen molar-refractivity contribution in [1.29, 1.82) is 0 Å². The molecule has 9 nitrogen and oxygen atoms in total. The number of hydrogen-bond acceptors (Lipinski definition) is 7. The summed E-state index contributed by atoms with van der Waals surface area (Å²) in [6.07, 6.45) is 5.69. The second-order valence-corrected chi connectivity index (χ2v) is 7.81. The number of amides is 1. The molecule has 3 aromatic rings.